The van der Waals surface area contributed by atoms with Gasteiger partial charge in [-0.3, -0.25) is 9.69 Å². The number of aromatic nitrogens is 3. The molecule has 2 aromatic carbocycles. The highest BCUT2D eigenvalue weighted by Gasteiger charge is 2.23. The van der Waals surface area contributed by atoms with Crippen LogP contribution in [0.2, 0.25) is 0 Å². The van der Waals surface area contributed by atoms with Crippen molar-refractivity contribution in [1.82, 2.24) is 25.0 Å². The van der Waals surface area contributed by atoms with Gasteiger partial charge >= 0.3 is 0 Å². The summed E-state index contributed by atoms with van der Waals surface area (Å²) in [6.45, 7) is 5.08. The molecular formula is C25H31N5O4. The lowest BCUT2D eigenvalue weighted by molar-refractivity contribution is -0.123. The van der Waals surface area contributed by atoms with Crippen LogP contribution >= 0.6 is 0 Å². The maximum Gasteiger partial charge on any atom is 0.258 e. The number of nitrogens with one attached hydrogen (secondary N) is 1. The van der Waals surface area contributed by atoms with Crippen LogP contribution < -0.4 is 19.5 Å². The van der Waals surface area contributed by atoms with Gasteiger partial charge in [0.25, 0.3) is 5.91 Å². The summed E-state index contributed by atoms with van der Waals surface area (Å²) in [5, 5.41) is 11.7. The van der Waals surface area contributed by atoms with Gasteiger partial charge in [-0.2, -0.15) is 0 Å². The van der Waals surface area contributed by atoms with Crippen LogP contribution in [0.3, 0.4) is 0 Å². The van der Waals surface area contributed by atoms with Gasteiger partial charge in [-0.05, 0) is 25.1 Å². The van der Waals surface area contributed by atoms with Crippen LogP contribution in [0.4, 0.5) is 0 Å². The van der Waals surface area contributed by atoms with Gasteiger partial charge in [0, 0.05) is 44.2 Å². The third-order valence-electron chi connectivity index (χ3n) is 5.91. The highest BCUT2D eigenvalue weighted by atomic mass is 16.5. The fourth-order valence-electron chi connectivity index (χ4n) is 4.10. The van der Waals surface area contributed by atoms with Crippen LogP contribution in [0, 0.1) is 0 Å². The molecule has 0 saturated carbocycles. The van der Waals surface area contributed by atoms with E-state index in [-0.39, 0.29) is 18.6 Å². The van der Waals surface area contributed by atoms with Crippen LogP contribution in [0.1, 0.15) is 30.2 Å². The minimum Gasteiger partial charge on any atom is -0.497 e. The Morgan fingerprint density at radius 1 is 1.03 bits per heavy atom. The van der Waals surface area contributed by atoms with Crippen molar-refractivity contribution >= 4 is 5.91 Å². The fourth-order valence-corrected chi connectivity index (χ4v) is 4.10. The third kappa shape index (κ3) is 5.66. The number of benzene rings is 2. The molecule has 1 atom stereocenters. The molecule has 9 nitrogen and oxygen atoms in total. The number of carbonyl (C=O) groups is 1. The highest BCUT2D eigenvalue weighted by Crippen LogP contribution is 2.26. The Kier molecular flexibility index (Phi) is 7.64. The van der Waals surface area contributed by atoms with E-state index in [9.17, 15) is 4.79 Å². The number of methoxy groups -OCH3 is 2. The average molecular weight is 466 g/mol. The topological polar surface area (TPSA) is 90.7 Å². The van der Waals surface area contributed by atoms with E-state index >= 15 is 0 Å². The van der Waals surface area contributed by atoms with Crippen LogP contribution in [-0.2, 0) is 24.3 Å². The molecule has 0 aliphatic carbocycles. The molecule has 0 radical (unpaired) electrons. The van der Waals surface area contributed by atoms with E-state index < -0.39 is 0 Å². The SMILES string of the molecule is COc1ccc(CN2CCc3nnc([C@@H](C)NC(=O)COc4ccccc4)n3CC2)c(OC)c1. The quantitative estimate of drug-likeness (QED) is 0.519. The second-order valence-electron chi connectivity index (χ2n) is 8.22. The van der Waals surface area contributed by atoms with E-state index in [0.717, 1.165) is 61.3 Å². The third-order valence-corrected chi connectivity index (χ3v) is 5.91. The first-order valence-electron chi connectivity index (χ1n) is 11.4. The van der Waals surface area contributed by atoms with Crippen molar-refractivity contribution in [2.75, 3.05) is 33.9 Å². The van der Waals surface area contributed by atoms with Gasteiger partial charge in [-0.25, -0.2) is 0 Å². The Balaban J connectivity index is 1.35. The van der Waals surface area contributed by atoms with E-state index in [0.29, 0.717) is 5.75 Å². The monoisotopic (exact) mass is 465 g/mol. The molecule has 9 heteroatoms. The van der Waals surface area contributed by atoms with E-state index in [2.05, 4.69) is 25.0 Å². The molecule has 1 aliphatic rings. The molecule has 0 spiro atoms. The standard InChI is InChI=1S/C25H31N5O4/c1-18(26-24(31)17-34-20-7-5-4-6-8-20)25-28-27-23-11-12-29(13-14-30(23)25)16-19-9-10-21(32-2)15-22(19)33-3/h4-10,15,18H,11-14,16-17H2,1-3H3,(H,26,31)/t18-/m1/s1. The lowest BCUT2D eigenvalue weighted by Gasteiger charge is -2.21. The molecule has 0 unspecified atom stereocenters. The zero-order chi connectivity index (χ0) is 23.9. The lowest BCUT2D eigenvalue weighted by Crippen LogP contribution is -2.33. The number of hydrogen-bond acceptors (Lipinski definition) is 7. The van der Waals surface area contributed by atoms with E-state index in [1.54, 1.807) is 14.2 Å². The lowest BCUT2D eigenvalue weighted by atomic mass is 10.1. The number of amides is 1. The van der Waals surface area contributed by atoms with Gasteiger partial charge in [0.2, 0.25) is 0 Å². The number of ether oxygens (including phenoxy) is 3. The number of hydrogen-bond donors (Lipinski definition) is 1. The van der Waals surface area contributed by atoms with Gasteiger partial charge in [0.1, 0.15) is 23.1 Å². The first-order chi connectivity index (χ1) is 16.6. The number of fused-ring (bicyclic) bond motifs is 1. The molecule has 0 bridgehead atoms. The zero-order valence-corrected chi connectivity index (χ0v) is 19.9. The number of carbonyl (C=O) groups excluding carboxylic acids is 1. The minimum absolute atomic E-state index is 0.0488. The molecule has 1 amide bonds. The molecule has 1 N–H and O–H groups in total. The molecule has 1 aromatic heterocycles. The molecule has 2 heterocycles. The van der Waals surface area contributed by atoms with Crippen molar-refractivity contribution in [2.24, 2.45) is 0 Å². The molecule has 3 aromatic rings. The van der Waals surface area contributed by atoms with Crippen molar-refractivity contribution in [3.05, 3.63) is 65.7 Å². The van der Waals surface area contributed by atoms with Crippen LogP contribution in [-0.4, -0.2) is 59.5 Å². The van der Waals surface area contributed by atoms with Gasteiger partial charge in [-0.15, -0.1) is 10.2 Å². The first kappa shape index (κ1) is 23.6. The normalized spacial score (nSPS) is 14.6. The zero-order valence-electron chi connectivity index (χ0n) is 19.9. The summed E-state index contributed by atoms with van der Waals surface area (Å²) in [7, 11) is 3.32. The molecular weight excluding hydrogens is 434 g/mol. The van der Waals surface area contributed by atoms with Crippen molar-refractivity contribution in [2.45, 2.75) is 32.5 Å². The van der Waals surface area contributed by atoms with E-state index in [1.165, 1.54) is 0 Å². The number of nitrogens with zero attached hydrogens (tertiary/aromatic N) is 4. The Morgan fingerprint density at radius 2 is 1.85 bits per heavy atom. The van der Waals surface area contributed by atoms with Gasteiger partial charge in [0.05, 0.1) is 20.3 Å². The predicted octanol–water partition coefficient (Wildman–Crippen LogP) is 2.61. The van der Waals surface area contributed by atoms with Gasteiger partial charge in [0.15, 0.2) is 12.4 Å². The predicted molar refractivity (Wildman–Crippen MR) is 127 cm³/mol. The summed E-state index contributed by atoms with van der Waals surface area (Å²) in [6.07, 6.45) is 0.781. The Labute approximate surface area is 199 Å². The van der Waals surface area contributed by atoms with Crippen LogP contribution in [0.5, 0.6) is 17.2 Å². The molecule has 0 saturated heterocycles. The summed E-state index contributed by atoms with van der Waals surface area (Å²) in [5.74, 6) is 3.74. The number of para-hydroxylation sites is 1. The smallest absolute Gasteiger partial charge is 0.258 e. The Bertz CT molecular complexity index is 1100. The van der Waals surface area contributed by atoms with Gasteiger partial charge in [-0.1, -0.05) is 24.3 Å². The Hall–Kier alpha value is -3.59. The summed E-state index contributed by atoms with van der Waals surface area (Å²) in [6, 6.07) is 14.9. The van der Waals surface area contributed by atoms with E-state index in [4.69, 9.17) is 14.2 Å². The van der Waals surface area contributed by atoms with Crippen LogP contribution in [0.15, 0.2) is 48.5 Å². The largest absolute Gasteiger partial charge is 0.497 e. The van der Waals surface area contributed by atoms with Crippen molar-refractivity contribution in [3.63, 3.8) is 0 Å². The van der Waals surface area contributed by atoms with Crippen LogP contribution in [0.25, 0.3) is 0 Å². The maximum atomic E-state index is 12.4. The first-order valence-corrected chi connectivity index (χ1v) is 11.4. The van der Waals surface area contributed by atoms with Crippen molar-refractivity contribution in [3.8, 4) is 17.2 Å². The van der Waals surface area contributed by atoms with Crippen molar-refractivity contribution < 1.29 is 19.0 Å². The highest BCUT2D eigenvalue weighted by molar-refractivity contribution is 5.77. The molecule has 180 valence electrons. The molecule has 0 fully saturated rings. The molecule has 34 heavy (non-hydrogen) atoms. The van der Waals surface area contributed by atoms with Crippen molar-refractivity contribution in [1.29, 1.82) is 0 Å². The Morgan fingerprint density at radius 3 is 2.62 bits per heavy atom. The summed E-state index contributed by atoms with van der Waals surface area (Å²) in [5.41, 5.74) is 1.11. The minimum atomic E-state index is -0.277. The second-order valence-corrected chi connectivity index (χ2v) is 8.22. The molecule has 4 rings (SSSR count). The number of rotatable bonds is 9. The fraction of sp³-hybridized carbons (Fsp3) is 0.400. The second kappa shape index (κ2) is 11.0. The maximum absolute atomic E-state index is 12.4. The summed E-state index contributed by atoms with van der Waals surface area (Å²) in [4.78, 5) is 14.8. The average Bonchev–Trinajstić information content (AvgIpc) is 3.17. The van der Waals surface area contributed by atoms with Gasteiger partial charge < -0.3 is 24.1 Å². The van der Waals surface area contributed by atoms with E-state index in [1.807, 2.05) is 55.5 Å². The summed E-state index contributed by atoms with van der Waals surface area (Å²) < 4.78 is 18.5. The molecule has 1 aliphatic heterocycles. The summed E-state index contributed by atoms with van der Waals surface area (Å²) >= 11 is 0.